The van der Waals surface area contributed by atoms with Crippen LogP contribution in [0.25, 0.3) is 11.3 Å². The number of halogens is 1. The average Bonchev–Trinajstić information content (AvgIpc) is 3.35. The highest BCUT2D eigenvalue weighted by Gasteiger charge is 2.37. The van der Waals surface area contributed by atoms with Crippen molar-refractivity contribution < 1.29 is 18.8 Å². The molecule has 1 unspecified atom stereocenters. The molecule has 1 amide bonds. The number of carbonyl (C=O) groups is 3. The topological polar surface area (TPSA) is 137 Å². The van der Waals surface area contributed by atoms with E-state index in [1.165, 1.54) is 17.9 Å². The van der Waals surface area contributed by atoms with Gasteiger partial charge < -0.3 is 15.5 Å². The van der Waals surface area contributed by atoms with Gasteiger partial charge in [-0.05, 0) is 43.7 Å². The van der Waals surface area contributed by atoms with E-state index < -0.39 is 17.8 Å². The van der Waals surface area contributed by atoms with Gasteiger partial charge in [0.05, 0.1) is 23.8 Å². The summed E-state index contributed by atoms with van der Waals surface area (Å²) in [6.45, 7) is 6.83. The van der Waals surface area contributed by atoms with Crippen molar-refractivity contribution in [1.82, 2.24) is 19.8 Å². The minimum atomic E-state index is -0.784. The Kier molecular flexibility index (Phi) is 8.78. The van der Waals surface area contributed by atoms with E-state index in [0.29, 0.717) is 30.0 Å². The number of rotatable bonds is 10. The van der Waals surface area contributed by atoms with Crippen LogP contribution < -0.4 is 10.6 Å². The van der Waals surface area contributed by atoms with Gasteiger partial charge in [0.2, 0.25) is 0 Å². The van der Waals surface area contributed by atoms with Crippen molar-refractivity contribution in [3.63, 3.8) is 0 Å². The summed E-state index contributed by atoms with van der Waals surface area (Å²) in [5.41, 5.74) is 8.73. The van der Waals surface area contributed by atoms with Crippen LogP contribution >= 0.6 is 0 Å². The molecule has 0 spiro atoms. The number of piperazine rings is 1. The number of fused-ring (bicyclic) bond motifs is 1. The van der Waals surface area contributed by atoms with E-state index in [-0.39, 0.29) is 47.6 Å². The molecule has 222 valence electrons. The number of pyridine rings is 2. The number of nitrogens with zero attached hydrogens (tertiary/aromatic N) is 6. The number of ketones is 2. The Morgan fingerprint density at radius 2 is 1.84 bits per heavy atom. The van der Waals surface area contributed by atoms with Crippen LogP contribution in [-0.4, -0.2) is 69.5 Å². The van der Waals surface area contributed by atoms with Gasteiger partial charge in [0.1, 0.15) is 29.3 Å². The lowest BCUT2D eigenvalue weighted by Crippen LogP contribution is -2.46. The predicted molar refractivity (Wildman–Crippen MR) is 159 cm³/mol. The Bertz CT molecular complexity index is 1590. The van der Waals surface area contributed by atoms with Crippen molar-refractivity contribution >= 4 is 29.1 Å². The molecular weight excluding hydrogens is 549 g/mol. The summed E-state index contributed by atoms with van der Waals surface area (Å²) >= 11 is 0. The summed E-state index contributed by atoms with van der Waals surface area (Å²) < 4.78 is 15.8. The predicted octanol–water partition coefficient (Wildman–Crippen LogP) is 3.73. The Balaban J connectivity index is 1.26. The fraction of sp³-hybridized carbons (Fsp3) is 0.375. The first-order valence-electron chi connectivity index (χ1n) is 14.4. The second-order valence-electron chi connectivity index (χ2n) is 11.0. The van der Waals surface area contributed by atoms with E-state index in [2.05, 4.69) is 25.8 Å². The first-order valence-corrected chi connectivity index (χ1v) is 14.4. The van der Waals surface area contributed by atoms with Gasteiger partial charge in [-0.1, -0.05) is 13.0 Å². The second kappa shape index (κ2) is 12.7. The van der Waals surface area contributed by atoms with Crippen LogP contribution in [0.3, 0.4) is 0 Å². The van der Waals surface area contributed by atoms with Gasteiger partial charge in [0.25, 0.3) is 5.91 Å². The number of aromatic nitrogens is 2. The quantitative estimate of drug-likeness (QED) is 0.379. The van der Waals surface area contributed by atoms with Gasteiger partial charge in [-0.2, -0.15) is 5.26 Å². The molecule has 10 nitrogen and oxygen atoms in total. The van der Waals surface area contributed by atoms with Crippen LogP contribution in [0.1, 0.15) is 60.2 Å². The molecule has 1 fully saturated rings. The summed E-state index contributed by atoms with van der Waals surface area (Å²) in [5, 5.41) is 8.98. The molecule has 2 aliphatic heterocycles. The Hall–Kier alpha value is -4.69. The number of Topliss-reactive ketones (excluding diaryl/α,β-unsaturated/α-hetero) is 2. The summed E-state index contributed by atoms with van der Waals surface area (Å²) in [5.74, 6) is -0.0473. The summed E-state index contributed by atoms with van der Waals surface area (Å²) in [6.07, 6.45) is 2.35. The number of hydrogen-bond acceptors (Lipinski definition) is 9. The van der Waals surface area contributed by atoms with E-state index in [9.17, 15) is 14.4 Å². The molecule has 2 aromatic heterocycles. The van der Waals surface area contributed by atoms with E-state index in [0.717, 1.165) is 37.6 Å². The van der Waals surface area contributed by atoms with Crippen molar-refractivity contribution in [2.24, 2.45) is 0 Å². The molecule has 0 bridgehead atoms. The molecule has 2 aliphatic rings. The number of amides is 1. The van der Waals surface area contributed by atoms with Crippen LogP contribution in [0, 0.1) is 17.1 Å². The number of nitriles is 1. The van der Waals surface area contributed by atoms with Crippen LogP contribution in [0.15, 0.2) is 42.6 Å². The van der Waals surface area contributed by atoms with Gasteiger partial charge in [-0.3, -0.25) is 19.3 Å². The SMILES string of the molecule is CCC(=O)CCC(C(C)=O)N1Cc2c(ccc(-c3ccc(CN4CCN(c5ccc(C#N)cn5)CC4)c(N)n3)c2F)C1=O. The molecule has 0 saturated carbocycles. The zero-order valence-electron chi connectivity index (χ0n) is 24.3. The minimum Gasteiger partial charge on any atom is -0.383 e. The second-order valence-corrected chi connectivity index (χ2v) is 11.0. The standard InChI is InChI=1S/C32H34FN7O3/c1-3-23(42)6-10-28(20(2)41)40-19-26-24(32(40)43)7-8-25(30(26)33)27-9-5-22(31(35)37-27)18-38-12-14-39(15-13-38)29-11-4-21(16-34)17-36-29/h4-5,7-9,11,17,28H,3,6,10,12-15,18-19H2,1-2H3,(H2,35,37). The molecule has 1 saturated heterocycles. The number of carbonyl (C=O) groups excluding carboxylic acids is 3. The van der Waals surface area contributed by atoms with Crippen molar-refractivity contribution in [2.45, 2.75) is 52.2 Å². The third-order valence-corrected chi connectivity index (χ3v) is 8.25. The molecule has 1 atom stereocenters. The van der Waals surface area contributed by atoms with E-state index in [4.69, 9.17) is 11.0 Å². The summed E-state index contributed by atoms with van der Waals surface area (Å²) in [7, 11) is 0. The highest BCUT2D eigenvalue weighted by molar-refractivity contribution is 6.01. The van der Waals surface area contributed by atoms with Crippen molar-refractivity contribution in [2.75, 3.05) is 36.8 Å². The third kappa shape index (κ3) is 6.24. The highest BCUT2D eigenvalue weighted by atomic mass is 19.1. The molecule has 2 N–H and O–H groups in total. The Labute approximate surface area is 249 Å². The summed E-state index contributed by atoms with van der Waals surface area (Å²) in [6, 6.07) is 11.6. The van der Waals surface area contributed by atoms with E-state index in [1.807, 2.05) is 12.1 Å². The lowest BCUT2D eigenvalue weighted by atomic mass is 10.0. The van der Waals surface area contributed by atoms with Crippen LogP contribution in [0.2, 0.25) is 0 Å². The number of anilines is 2. The minimum absolute atomic E-state index is 0.0126. The van der Waals surface area contributed by atoms with Gasteiger partial charge >= 0.3 is 0 Å². The number of nitrogen functional groups attached to an aromatic ring is 1. The van der Waals surface area contributed by atoms with Crippen molar-refractivity contribution in [3.8, 4) is 17.3 Å². The zero-order valence-corrected chi connectivity index (χ0v) is 24.3. The van der Waals surface area contributed by atoms with Gasteiger partial charge in [-0.25, -0.2) is 14.4 Å². The molecule has 4 heterocycles. The van der Waals surface area contributed by atoms with Gasteiger partial charge in [-0.15, -0.1) is 0 Å². The normalized spacial score (nSPS) is 15.7. The van der Waals surface area contributed by atoms with Crippen molar-refractivity contribution in [1.29, 1.82) is 5.26 Å². The monoisotopic (exact) mass is 583 g/mol. The molecular formula is C32H34FN7O3. The lowest BCUT2D eigenvalue weighted by molar-refractivity contribution is -0.122. The van der Waals surface area contributed by atoms with Gasteiger partial charge in [0, 0.05) is 74.0 Å². The van der Waals surface area contributed by atoms with Crippen LogP contribution in [-0.2, 0) is 22.7 Å². The maximum absolute atomic E-state index is 15.8. The highest BCUT2D eigenvalue weighted by Crippen LogP contribution is 2.34. The maximum atomic E-state index is 15.8. The fourth-order valence-electron chi connectivity index (χ4n) is 5.68. The molecule has 0 radical (unpaired) electrons. The average molecular weight is 584 g/mol. The van der Waals surface area contributed by atoms with E-state index in [1.54, 1.807) is 31.3 Å². The number of nitrogens with two attached hydrogens (primary N) is 1. The molecule has 43 heavy (non-hydrogen) atoms. The third-order valence-electron chi connectivity index (χ3n) is 8.25. The maximum Gasteiger partial charge on any atom is 0.255 e. The molecule has 3 aromatic rings. The number of hydrogen-bond donors (Lipinski definition) is 1. The largest absolute Gasteiger partial charge is 0.383 e. The molecule has 0 aliphatic carbocycles. The van der Waals surface area contributed by atoms with Gasteiger partial charge in [0.15, 0.2) is 5.78 Å². The summed E-state index contributed by atoms with van der Waals surface area (Å²) in [4.78, 5) is 52.1. The lowest BCUT2D eigenvalue weighted by Gasteiger charge is -2.35. The smallest absolute Gasteiger partial charge is 0.255 e. The Morgan fingerprint density at radius 3 is 2.47 bits per heavy atom. The van der Waals surface area contributed by atoms with E-state index >= 15 is 4.39 Å². The molecule has 11 heteroatoms. The first kappa shape index (κ1) is 29.8. The molecule has 1 aromatic carbocycles. The molecule has 5 rings (SSSR count). The van der Waals surface area contributed by atoms with Crippen LogP contribution in [0.5, 0.6) is 0 Å². The number of benzene rings is 1. The zero-order chi connectivity index (χ0) is 30.7. The fourth-order valence-corrected chi connectivity index (χ4v) is 5.68. The van der Waals surface area contributed by atoms with Crippen molar-refractivity contribution in [3.05, 3.63) is 70.7 Å². The first-order chi connectivity index (χ1) is 20.7. The Morgan fingerprint density at radius 1 is 1.09 bits per heavy atom. The van der Waals surface area contributed by atoms with Crippen LogP contribution in [0.4, 0.5) is 16.0 Å².